The van der Waals surface area contributed by atoms with Gasteiger partial charge in [-0.2, -0.15) is 0 Å². The molecule has 0 bridgehead atoms. The summed E-state index contributed by atoms with van der Waals surface area (Å²) in [5.74, 6) is -0.0388. The number of nitrogens with one attached hydrogen (secondary N) is 1. The fourth-order valence-electron chi connectivity index (χ4n) is 2.91. The van der Waals surface area contributed by atoms with Gasteiger partial charge in [0.05, 0.1) is 5.75 Å². The first-order valence-corrected chi connectivity index (χ1v) is 11.3. The molecule has 0 saturated carbocycles. The Morgan fingerprint density at radius 1 is 1.00 bits per heavy atom. The molecule has 3 aromatic rings. The van der Waals surface area contributed by atoms with E-state index in [9.17, 15) is 9.59 Å². The molecule has 1 aromatic heterocycles. The summed E-state index contributed by atoms with van der Waals surface area (Å²) in [6, 6.07) is 19.5. The Morgan fingerprint density at radius 3 is 2.42 bits per heavy atom. The van der Waals surface area contributed by atoms with Gasteiger partial charge in [-0.25, -0.2) is 0 Å². The minimum atomic E-state index is -0.474. The SMILES string of the molecule is CCCCCNC(=O)COC(=O)CSc1nnc(-c2ccccc2)n1-c1ccccc1. The van der Waals surface area contributed by atoms with Crippen LogP contribution in [0.4, 0.5) is 0 Å². The van der Waals surface area contributed by atoms with Gasteiger partial charge in [0.1, 0.15) is 0 Å². The lowest BCUT2D eigenvalue weighted by molar-refractivity contribution is -0.145. The standard InChI is InChI=1S/C23H26N4O3S/c1-2-3-10-15-24-20(28)16-30-21(29)17-31-23-26-25-22(18-11-6-4-7-12-18)27(23)19-13-8-5-9-14-19/h4-9,11-14H,2-3,10,15-17H2,1H3,(H,24,28). The third kappa shape index (κ3) is 6.68. The van der Waals surface area contributed by atoms with Crippen molar-refractivity contribution in [1.29, 1.82) is 0 Å². The number of carbonyl (C=O) groups excluding carboxylic acids is 2. The highest BCUT2D eigenvalue weighted by molar-refractivity contribution is 7.99. The van der Waals surface area contributed by atoms with Crippen LogP contribution in [0.2, 0.25) is 0 Å². The number of carbonyl (C=O) groups is 2. The molecule has 31 heavy (non-hydrogen) atoms. The summed E-state index contributed by atoms with van der Waals surface area (Å²) in [6.45, 7) is 2.43. The highest BCUT2D eigenvalue weighted by Gasteiger charge is 2.17. The first-order chi connectivity index (χ1) is 15.2. The molecule has 0 aliphatic carbocycles. The molecular formula is C23H26N4O3S. The van der Waals surface area contributed by atoms with Crippen molar-refractivity contribution in [3.8, 4) is 17.1 Å². The number of nitrogens with zero attached hydrogens (tertiary/aromatic N) is 3. The molecule has 3 rings (SSSR count). The van der Waals surface area contributed by atoms with Crippen molar-refractivity contribution in [2.75, 3.05) is 18.9 Å². The van der Waals surface area contributed by atoms with Crippen LogP contribution in [-0.2, 0) is 14.3 Å². The number of rotatable bonds is 11. The van der Waals surface area contributed by atoms with Gasteiger partial charge in [0.15, 0.2) is 17.6 Å². The van der Waals surface area contributed by atoms with E-state index in [-0.39, 0.29) is 18.3 Å². The Labute approximate surface area is 186 Å². The molecule has 0 saturated heterocycles. The molecule has 0 fully saturated rings. The van der Waals surface area contributed by atoms with Crippen molar-refractivity contribution >= 4 is 23.6 Å². The maximum Gasteiger partial charge on any atom is 0.316 e. The number of thioether (sulfide) groups is 1. The third-order valence-electron chi connectivity index (χ3n) is 4.47. The highest BCUT2D eigenvalue weighted by atomic mass is 32.2. The number of unbranched alkanes of at least 4 members (excludes halogenated alkanes) is 2. The van der Waals surface area contributed by atoms with Crippen LogP contribution >= 0.6 is 11.8 Å². The van der Waals surface area contributed by atoms with Crippen molar-refractivity contribution in [1.82, 2.24) is 20.1 Å². The minimum absolute atomic E-state index is 0.0306. The van der Waals surface area contributed by atoms with E-state index in [1.807, 2.05) is 65.2 Å². The molecule has 1 N–H and O–H groups in total. The average molecular weight is 439 g/mol. The van der Waals surface area contributed by atoms with Crippen molar-refractivity contribution in [3.05, 3.63) is 60.7 Å². The van der Waals surface area contributed by atoms with Crippen LogP contribution in [0.5, 0.6) is 0 Å². The lowest BCUT2D eigenvalue weighted by Gasteiger charge is -2.10. The molecule has 0 spiro atoms. The average Bonchev–Trinajstić information content (AvgIpc) is 3.24. The number of benzene rings is 2. The molecule has 0 aliphatic heterocycles. The predicted octanol–water partition coefficient (Wildman–Crippen LogP) is 3.88. The van der Waals surface area contributed by atoms with Crippen molar-refractivity contribution in [2.45, 2.75) is 31.3 Å². The van der Waals surface area contributed by atoms with Crippen molar-refractivity contribution in [3.63, 3.8) is 0 Å². The van der Waals surface area contributed by atoms with E-state index >= 15 is 0 Å². The molecule has 162 valence electrons. The Kier molecular flexibility index (Phi) is 8.66. The zero-order valence-corrected chi connectivity index (χ0v) is 18.3. The van der Waals surface area contributed by atoms with E-state index < -0.39 is 5.97 Å². The first-order valence-electron chi connectivity index (χ1n) is 10.3. The summed E-state index contributed by atoms with van der Waals surface area (Å²) < 4.78 is 7.00. The van der Waals surface area contributed by atoms with E-state index in [4.69, 9.17) is 4.74 Å². The maximum atomic E-state index is 12.1. The fourth-order valence-corrected chi connectivity index (χ4v) is 3.66. The second-order valence-corrected chi connectivity index (χ2v) is 7.79. The second kappa shape index (κ2) is 11.9. The van der Waals surface area contributed by atoms with Gasteiger partial charge in [-0.05, 0) is 18.6 Å². The van der Waals surface area contributed by atoms with Crippen LogP contribution in [0.1, 0.15) is 26.2 Å². The minimum Gasteiger partial charge on any atom is -0.455 e. The van der Waals surface area contributed by atoms with Crippen LogP contribution in [0.15, 0.2) is 65.8 Å². The summed E-state index contributed by atoms with van der Waals surface area (Å²) in [7, 11) is 0. The van der Waals surface area contributed by atoms with E-state index in [0.717, 1.165) is 30.5 Å². The number of hydrogen-bond acceptors (Lipinski definition) is 6. The third-order valence-corrected chi connectivity index (χ3v) is 5.37. The zero-order chi connectivity index (χ0) is 21.9. The summed E-state index contributed by atoms with van der Waals surface area (Å²) in [6.07, 6.45) is 3.07. The van der Waals surface area contributed by atoms with Crippen LogP contribution in [0.3, 0.4) is 0 Å². The molecule has 8 heteroatoms. The predicted molar refractivity (Wildman–Crippen MR) is 121 cm³/mol. The van der Waals surface area contributed by atoms with E-state index in [1.165, 1.54) is 11.8 Å². The molecule has 7 nitrogen and oxygen atoms in total. The summed E-state index contributed by atoms with van der Waals surface area (Å²) >= 11 is 1.22. The van der Waals surface area contributed by atoms with Gasteiger partial charge in [-0.1, -0.05) is 80.1 Å². The molecule has 1 heterocycles. The van der Waals surface area contributed by atoms with Gasteiger partial charge < -0.3 is 10.1 Å². The number of hydrogen-bond donors (Lipinski definition) is 1. The van der Waals surface area contributed by atoms with Gasteiger partial charge >= 0.3 is 5.97 Å². The van der Waals surface area contributed by atoms with Gasteiger partial charge in [-0.15, -0.1) is 10.2 Å². The lowest BCUT2D eigenvalue weighted by Crippen LogP contribution is -2.29. The summed E-state index contributed by atoms with van der Waals surface area (Å²) in [5, 5.41) is 11.9. The van der Waals surface area contributed by atoms with Crippen LogP contribution < -0.4 is 5.32 Å². The number of ether oxygens (including phenoxy) is 1. The van der Waals surface area contributed by atoms with Gasteiger partial charge in [0.25, 0.3) is 5.91 Å². The number of esters is 1. The smallest absolute Gasteiger partial charge is 0.316 e. The number of para-hydroxylation sites is 1. The summed E-state index contributed by atoms with van der Waals surface area (Å²) in [5.41, 5.74) is 1.82. The summed E-state index contributed by atoms with van der Waals surface area (Å²) in [4.78, 5) is 23.9. The number of amides is 1. The van der Waals surface area contributed by atoms with Gasteiger partial charge in [0.2, 0.25) is 0 Å². The largest absolute Gasteiger partial charge is 0.455 e. The van der Waals surface area contributed by atoms with Crippen LogP contribution in [0, 0.1) is 0 Å². The van der Waals surface area contributed by atoms with Gasteiger partial charge in [-0.3, -0.25) is 14.2 Å². The molecule has 0 radical (unpaired) electrons. The second-order valence-electron chi connectivity index (χ2n) is 6.85. The van der Waals surface area contributed by atoms with Crippen LogP contribution in [0.25, 0.3) is 17.1 Å². The van der Waals surface area contributed by atoms with E-state index in [2.05, 4.69) is 22.4 Å². The first kappa shape index (κ1) is 22.6. The lowest BCUT2D eigenvalue weighted by atomic mass is 10.2. The Morgan fingerprint density at radius 2 is 1.71 bits per heavy atom. The Bertz CT molecular complexity index is 977. The topological polar surface area (TPSA) is 86.1 Å². The molecule has 0 aliphatic rings. The normalized spacial score (nSPS) is 10.6. The molecule has 2 aromatic carbocycles. The van der Waals surface area contributed by atoms with Crippen molar-refractivity contribution < 1.29 is 14.3 Å². The Balaban J connectivity index is 1.62. The van der Waals surface area contributed by atoms with E-state index in [1.54, 1.807) is 0 Å². The quantitative estimate of drug-likeness (QED) is 0.278. The zero-order valence-electron chi connectivity index (χ0n) is 17.5. The van der Waals surface area contributed by atoms with Crippen molar-refractivity contribution in [2.24, 2.45) is 0 Å². The highest BCUT2D eigenvalue weighted by Crippen LogP contribution is 2.27. The van der Waals surface area contributed by atoms with E-state index in [0.29, 0.717) is 17.5 Å². The molecular weight excluding hydrogens is 412 g/mol. The molecule has 0 unspecified atom stereocenters. The van der Waals surface area contributed by atoms with Crippen LogP contribution in [-0.4, -0.2) is 45.5 Å². The fraction of sp³-hybridized carbons (Fsp3) is 0.304. The Hall–Kier alpha value is -3.13. The maximum absolute atomic E-state index is 12.1. The number of aromatic nitrogens is 3. The molecule has 0 atom stereocenters. The molecule has 1 amide bonds. The van der Waals surface area contributed by atoms with Gasteiger partial charge in [0, 0.05) is 17.8 Å². The monoisotopic (exact) mass is 438 g/mol.